The van der Waals surface area contributed by atoms with E-state index < -0.39 is 5.82 Å². The third-order valence-electron chi connectivity index (χ3n) is 3.17. The number of nitrogens with zero attached hydrogens (tertiary/aromatic N) is 3. The molecule has 3 aromatic rings. The van der Waals surface area contributed by atoms with Crippen LogP contribution in [0.15, 0.2) is 24.4 Å². The van der Waals surface area contributed by atoms with Crippen molar-refractivity contribution in [2.75, 3.05) is 5.73 Å². The Labute approximate surface area is 130 Å². The first-order chi connectivity index (χ1) is 9.99. The number of thiazole rings is 1. The van der Waals surface area contributed by atoms with Crippen molar-refractivity contribution in [3.05, 3.63) is 40.2 Å². The van der Waals surface area contributed by atoms with Crippen LogP contribution in [-0.4, -0.2) is 14.8 Å². The number of benzene rings is 1. The molecule has 0 unspecified atom stereocenters. The Bertz CT molecular complexity index is 824. The van der Waals surface area contributed by atoms with E-state index in [4.69, 9.17) is 17.3 Å². The summed E-state index contributed by atoms with van der Waals surface area (Å²) in [5, 5.41) is 5.36. The van der Waals surface area contributed by atoms with Gasteiger partial charge in [0.2, 0.25) is 0 Å². The van der Waals surface area contributed by atoms with E-state index in [-0.39, 0.29) is 5.02 Å². The first-order valence-corrected chi connectivity index (χ1v) is 7.38. The van der Waals surface area contributed by atoms with Crippen LogP contribution in [0.4, 0.5) is 10.2 Å². The van der Waals surface area contributed by atoms with Gasteiger partial charge < -0.3 is 5.73 Å². The quantitative estimate of drug-likeness (QED) is 0.778. The van der Waals surface area contributed by atoms with E-state index in [1.165, 1.54) is 22.1 Å². The van der Waals surface area contributed by atoms with Gasteiger partial charge in [-0.1, -0.05) is 23.7 Å². The molecule has 0 amide bonds. The molecule has 0 aliphatic rings. The Morgan fingerprint density at radius 1 is 1.38 bits per heavy atom. The molecule has 4 nitrogen and oxygen atoms in total. The van der Waals surface area contributed by atoms with Gasteiger partial charge in [0.15, 0.2) is 0 Å². The number of rotatable bonds is 2. The standard InChI is InChI=1S/C14H12ClFN4S/c1-7-18-6-10(21-7)13-11(14(17)20(2)19-13)8-4-3-5-9(15)12(8)16/h3-6H,17H2,1-2H3. The SMILES string of the molecule is Cc1ncc(-c2nn(C)c(N)c2-c2cccc(Cl)c2F)s1. The summed E-state index contributed by atoms with van der Waals surface area (Å²) in [6, 6.07) is 4.84. The molecule has 2 heterocycles. The van der Waals surface area contributed by atoms with Crippen LogP contribution < -0.4 is 5.73 Å². The lowest BCUT2D eigenvalue weighted by atomic mass is 10.0. The molecule has 0 saturated carbocycles. The Morgan fingerprint density at radius 2 is 2.14 bits per heavy atom. The van der Waals surface area contributed by atoms with Crippen LogP contribution in [0.25, 0.3) is 21.7 Å². The number of nitrogen functional groups attached to an aromatic ring is 1. The van der Waals surface area contributed by atoms with Crippen molar-refractivity contribution < 1.29 is 4.39 Å². The molecule has 108 valence electrons. The van der Waals surface area contributed by atoms with E-state index in [1.54, 1.807) is 25.4 Å². The second kappa shape index (κ2) is 5.13. The van der Waals surface area contributed by atoms with Gasteiger partial charge in [-0.2, -0.15) is 5.10 Å². The van der Waals surface area contributed by atoms with Gasteiger partial charge in [0, 0.05) is 18.8 Å². The van der Waals surface area contributed by atoms with E-state index in [9.17, 15) is 4.39 Å². The summed E-state index contributed by atoms with van der Waals surface area (Å²) in [5.41, 5.74) is 7.57. The fraction of sp³-hybridized carbons (Fsp3) is 0.143. The number of halogens is 2. The highest BCUT2D eigenvalue weighted by atomic mass is 35.5. The van der Waals surface area contributed by atoms with E-state index in [0.717, 1.165) is 9.88 Å². The van der Waals surface area contributed by atoms with Gasteiger partial charge in [-0.15, -0.1) is 11.3 Å². The van der Waals surface area contributed by atoms with Crippen molar-refractivity contribution in [3.8, 4) is 21.7 Å². The van der Waals surface area contributed by atoms with Gasteiger partial charge in [-0.05, 0) is 13.0 Å². The summed E-state index contributed by atoms with van der Waals surface area (Å²) < 4.78 is 15.9. The number of hydrogen-bond donors (Lipinski definition) is 1. The lowest BCUT2D eigenvalue weighted by molar-refractivity contribution is 0.632. The minimum atomic E-state index is -0.499. The van der Waals surface area contributed by atoms with Crippen LogP contribution in [0.1, 0.15) is 5.01 Å². The van der Waals surface area contributed by atoms with E-state index in [1.807, 2.05) is 6.92 Å². The first-order valence-electron chi connectivity index (χ1n) is 6.18. The van der Waals surface area contributed by atoms with Gasteiger partial charge in [0.25, 0.3) is 0 Å². The van der Waals surface area contributed by atoms with Crippen LogP contribution in [0.3, 0.4) is 0 Å². The summed E-state index contributed by atoms with van der Waals surface area (Å²) in [6.07, 6.45) is 1.72. The van der Waals surface area contributed by atoms with Crippen molar-refractivity contribution in [3.63, 3.8) is 0 Å². The summed E-state index contributed by atoms with van der Waals surface area (Å²) in [4.78, 5) is 5.06. The molecule has 2 aromatic heterocycles. The zero-order chi connectivity index (χ0) is 15.1. The van der Waals surface area contributed by atoms with Crippen LogP contribution in [0, 0.1) is 12.7 Å². The van der Waals surface area contributed by atoms with Crippen molar-refractivity contribution in [2.24, 2.45) is 7.05 Å². The Hall–Kier alpha value is -1.92. The van der Waals surface area contributed by atoms with Gasteiger partial charge in [0.1, 0.15) is 17.3 Å². The normalized spacial score (nSPS) is 11.0. The van der Waals surface area contributed by atoms with Crippen LogP contribution in [-0.2, 0) is 7.05 Å². The highest BCUT2D eigenvalue weighted by Gasteiger charge is 2.22. The topological polar surface area (TPSA) is 56.7 Å². The maximum Gasteiger partial charge on any atom is 0.149 e. The molecule has 0 spiro atoms. The molecule has 0 bridgehead atoms. The van der Waals surface area contributed by atoms with Crippen LogP contribution in [0.5, 0.6) is 0 Å². The van der Waals surface area contributed by atoms with Crippen molar-refractivity contribution >= 4 is 28.8 Å². The lowest BCUT2D eigenvalue weighted by Crippen LogP contribution is -1.98. The molecular formula is C14H12ClFN4S. The van der Waals surface area contributed by atoms with Crippen molar-refractivity contribution in [2.45, 2.75) is 6.92 Å². The van der Waals surface area contributed by atoms with Crippen LogP contribution >= 0.6 is 22.9 Å². The maximum absolute atomic E-state index is 14.3. The highest BCUT2D eigenvalue weighted by Crippen LogP contribution is 2.40. The predicted octanol–water partition coefficient (Wildman–Crippen LogP) is 3.89. The number of aryl methyl sites for hydroxylation is 2. The van der Waals surface area contributed by atoms with Crippen molar-refractivity contribution in [1.82, 2.24) is 14.8 Å². The zero-order valence-corrected chi connectivity index (χ0v) is 13.0. The lowest BCUT2D eigenvalue weighted by Gasteiger charge is -2.05. The minimum absolute atomic E-state index is 0.0576. The molecule has 0 aliphatic heterocycles. The van der Waals surface area contributed by atoms with Gasteiger partial charge >= 0.3 is 0 Å². The van der Waals surface area contributed by atoms with E-state index in [0.29, 0.717) is 22.6 Å². The van der Waals surface area contributed by atoms with Crippen LogP contribution in [0.2, 0.25) is 5.02 Å². The predicted molar refractivity (Wildman–Crippen MR) is 83.9 cm³/mol. The minimum Gasteiger partial charge on any atom is -0.383 e. The third kappa shape index (κ3) is 2.30. The molecule has 2 N–H and O–H groups in total. The van der Waals surface area contributed by atoms with Crippen molar-refractivity contribution in [1.29, 1.82) is 0 Å². The molecular weight excluding hydrogens is 311 g/mol. The Kier molecular flexibility index (Phi) is 3.43. The molecule has 3 rings (SSSR count). The van der Waals surface area contributed by atoms with E-state index >= 15 is 0 Å². The molecule has 0 radical (unpaired) electrons. The Balaban J connectivity index is 2.29. The number of aromatic nitrogens is 3. The second-order valence-electron chi connectivity index (χ2n) is 4.58. The monoisotopic (exact) mass is 322 g/mol. The Morgan fingerprint density at radius 3 is 2.81 bits per heavy atom. The summed E-state index contributed by atoms with van der Waals surface area (Å²) >= 11 is 7.36. The second-order valence-corrected chi connectivity index (χ2v) is 6.22. The average Bonchev–Trinajstić information content (AvgIpc) is 2.99. The highest BCUT2D eigenvalue weighted by molar-refractivity contribution is 7.15. The maximum atomic E-state index is 14.3. The van der Waals surface area contributed by atoms with Gasteiger partial charge in [-0.3, -0.25) is 4.68 Å². The third-order valence-corrected chi connectivity index (χ3v) is 4.38. The summed E-state index contributed by atoms with van der Waals surface area (Å²) in [5.74, 6) is -0.112. The summed E-state index contributed by atoms with van der Waals surface area (Å²) in [7, 11) is 1.72. The van der Waals surface area contributed by atoms with Gasteiger partial charge in [-0.25, -0.2) is 9.37 Å². The van der Waals surface area contributed by atoms with E-state index in [2.05, 4.69) is 10.1 Å². The molecule has 0 aliphatic carbocycles. The molecule has 21 heavy (non-hydrogen) atoms. The number of anilines is 1. The molecule has 0 saturated heterocycles. The fourth-order valence-corrected chi connectivity index (χ4v) is 3.09. The average molecular weight is 323 g/mol. The molecule has 0 atom stereocenters. The fourth-order valence-electron chi connectivity index (χ4n) is 2.14. The molecule has 1 aromatic carbocycles. The number of hydrogen-bond acceptors (Lipinski definition) is 4. The summed E-state index contributed by atoms with van der Waals surface area (Å²) in [6.45, 7) is 1.90. The number of nitrogens with two attached hydrogens (primary N) is 1. The van der Waals surface area contributed by atoms with Gasteiger partial charge in [0.05, 0.1) is 20.5 Å². The first kappa shape index (κ1) is 14.0. The molecule has 7 heteroatoms. The molecule has 0 fully saturated rings. The zero-order valence-electron chi connectivity index (χ0n) is 11.4. The smallest absolute Gasteiger partial charge is 0.149 e. The largest absolute Gasteiger partial charge is 0.383 e.